The fourth-order valence-electron chi connectivity index (χ4n) is 2.38. The highest BCUT2D eigenvalue weighted by molar-refractivity contribution is 5.93. The van der Waals surface area contributed by atoms with E-state index in [0.717, 1.165) is 0 Å². The second kappa shape index (κ2) is 10.6. The van der Waals surface area contributed by atoms with E-state index < -0.39 is 0 Å². The molecule has 8 heteroatoms. The fourth-order valence-corrected chi connectivity index (χ4v) is 2.38. The third kappa shape index (κ3) is 6.01. The Kier molecular flexibility index (Phi) is 7.83. The minimum atomic E-state index is -0.369. The molecule has 0 aliphatic carbocycles. The lowest BCUT2D eigenvalue weighted by Gasteiger charge is -2.12. The number of hydrazone groups is 1. The van der Waals surface area contributed by atoms with E-state index in [0.29, 0.717) is 28.5 Å². The molecule has 0 heterocycles. The minimum Gasteiger partial charge on any atom is -0.493 e. The molecule has 2 N–H and O–H groups in total. The fraction of sp³-hybridized carbons (Fsp3) is 0.250. The summed E-state index contributed by atoms with van der Waals surface area (Å²) < 4.78 is 15.8. The van der Waals surface area contributed by atoms with Crippen LogP contribution in [0.15, 0.2) is 47.6 Å². The van der Waals surface area contributed by atoms with E-state index in [4.69, 9.17) is 14.2 Å². The van der Waals surface area contributed by atoms with Gasteiger partial charge >= 0.3 is 0 Å². The molecule has 0 saturated carbocycles. The molecule has 2 aromatic carbocycles. The smallest absolute Gasteiger partial charge is 0.240 e. The highest BCUT2D eigenvalue weighted by Gasteiger charge is 2.12. The normalized spacial score (nSPS) is 10.4. The van der Waals surface area contributed by atoms with Gasteiger partial charge in [-0.3, -0.25) is 9.59 Å². The first-order valence-corrected chi connectivity index (χ1v) is 8.54. The van der Waals surface area contributed by atoms with Crippen molar-refractivity contribution in [2.45, 2.75) is 12.8 Å². The largest absolute Gasteiger partial charge is 0.493 e. The molecular weight excluding hydrogens is 362 g/mol. The molecule has 0 fully saturated rings. The summed E-state index contributed by atoms with van der Waals surface area (Å²) in [6.07, 6.45) is 1.53. The second-order valence-corrected chi connectivity index (χ2v) is 5.67. The number of carbonyl (C=O) groups excluding carboxylic acids is 2. The van der Waals surface area contributed by atoms with E-state index in [9.17, 15) is 9.59 Å². The van der Waals surface area contributed by atoms with Crippen LogP contribution in [0.25, 0.3) is 0 Å². The van der Waals surface area contributed by atoms with Crippen molar-refractivity contribution in [3.8, 4) is 17.2 Å². The molecule has 28 heavy (non-hydrogen) atoms. The summed E-state index contributed by atoms with van der Waals surface area (Å²) in [5.74, 6) is 0.817. The summed E-state index contributed by atoms with van der Waals surface area (Å²) in [5.41, 5.74) is 3.73. The van der Waals surface area contributed by atoms with E-state index in [1.165, 1.54) is 27.5 Å². The molecule has 2 rings (SSSR count). The van der Waals surface area contributed by atoms with Crippen molar-refractivity contribution in [2.24, 2.45) is 5.10 Å². The Morgan fingerprint density at radius 1 is 0.929 bits per heavy atom. The quantitative estimate of drug-likeness (QED) is 0.511. The number of nitrogens with zero attached hydrogens (tertiary/aromatic N) is 1. The lowest BCUT2D eigenvalue weighted by Crippen LogP contribution is -2.20. The third-order valence-electron chi connectivity index (χ3n) is 3.73. The number of nitrogens with one attached hydrogen (secondary N) is 2. The highest BCUT2D eigenvalue weighted by atomic mass is 16.5. The summed E-state index contributed by atoms with van der Waals surface area (Å²) in [6, 6.07) is 12.4. The Balaban J connectivity index is 1.86. The van der Waals surface area contributed by atoms with E-state index in [1.807, 2.05) is 18.2 Å². The number of hydrogen-bond donors (Lipinski definition) is 2. The number of methoxy groups -OCH3 is 3. The van der Waals surface area contributed by atoms with Crippen LogP contribution in [0.3, 0.4) is 0 Å². The van der Waals surface area contributed by atoms with Gasteiger partial charge in [-0.1, -0.05) is 18.2 Å². The lowest BCUT2D eigenvalue weighted by molar-refractivity contribution is -0.124. The number of para-hydroxylation sites is 1. The van der Waals surface area contributed by atoms with E-state index in [1.54, 1.807) is 24.3 Å². The number of hydrogen-bond acceptors (Lipinski definition) is 6. The first-order valence-electron chi connectivity index (χ1n) is 8.54. The van der Waals surface area contributed by atoms with Crippen LogP contribution in [-0.4, -0.2) is 39.4 Å². The van der Waals surface area contributed by atoms with Crippen molar-refractivity contribution in [1.29, 1.82) is 0 Å². The molecule has 148 valence electrons. The summed E-state index contributed by atoms with van der Waals surface area (Å²) in [6.45, 7) is 0. The molecule has 2 aromatic rings. The Morgan fingerprint density at radius 3 is 2.11 bits per heavy atom. The predicted octanol–water partition coefficient (Wildman–Crippen LogP) is 2.58. The Morgan fingerprint density at radius 2 is 1.54 bits per heavy atom. The van der Waals surface area contributed by atoms with Gasteiger partial charge in [0.2, 0.25) is 17.6 Å². The first-order chi connectivity index (χ1) is 13.6. The summed E-state index contributed by atoms with van der Waals surface area (Å²) >= 11 is 0. The number of ether oxygens (including phenoxy) is 3. The van der Waals surface area contributed by atoms with Crippen molar-refractivity contribution in [3.05, 3.63) is 48.0 Å². The number of amides is 2. The number of rotatable bonds is 9. The molecule has 0 unspecified atom stereocenters. The third-order valence-corrected chi connectivity index (χ3v) is 3.73. The topological polar surface area (TPSA) is 98.2 Å². The summed E-state index contributed by atoms with van der Waals surface area (Å²) in [7, 11) is 4.54. The Bertz CT molecular complexity index is 812. The lowest BCUT2D eigenvalue weighted by atomic mass is 10.2. The molecule has 2 amide bonds. The van der Waals surface area contributed by atoms with E-state index >= 15 is 0 Å². The molecule has 8 nitrogen and oxygen atoms in total. The van der Waals surface area contributed by atoms with Crippen LogP contribution in [0, 0.1) is 0 Å². The van der Waals surface area contributed by atoms with Crippen molar-refractivity contribution >= 4 is 23.7 Å². The molecule has 0 saturated heterocycles. The van der Waals surface area contributed by atoms with Gasteiger partial charge in [-0.15, -0.1) is 0 Å². The van der Waals surface area contributed by atoms with Crippen molar-refractivity contribution < 1.29 is 23.8 Å². The van der Waals surface area contributed by atoms with Crippen LogP contribution in [0.4, 0.5) is 5.69 Å². The molecule has 0 aromatic heterocycles. The van der Waals surface area contributed by atoms with Gasteiger partial charge in [-0.05, 0) is 24.3 Å². The van der Waals surface area contributed by atoms with Gasteiger partial charge in [-0.25, -0.2) is 5.43 Å². The van der Waals surface area contributed by atoms with E-state index in [2.05, 4.69) is 15.8 Å². The molecule has 0 spiro atoms. The molecule has 0 aliphatic rings. The Labute approximate surface area is 163 Å². The van der Waals surface area contributed by atoms with Gasteiger partial charge in [0.15, 0.2) is 11.5 Å². The van der Waals surface area contributed by atoms with E-state index in [-0.39, 0.29) is 24.7 Å². The highest BCUT2D eigenvalue weighted by Crippen LogP contribution is 2.37. The number of carbonyl (C=O) groups is 2. The maximum absolute atomic E-state index is 11.9. The summed E-state index contributed by atoms with van der Waals surface area (Å²) in [4.78, 5) is 23.7. The zero-order valence-electron chi connectivity index (χ0n) is 16.0. The van der Waals surface area contributed by atoms with Crippen molar-refractivity contribution in [3.63, 3.8) is 0 Å². The van der Waals surface area contributed by atoms with Crippen molar-refractivity contribution in [2.75, 3.05) is 26.6 Å². The number of anilines is 1. The van der Waals surface area contributed by atoms with Crippen LogP contribution >= 0.6 is 0 Å². The zero-order valence-corrected chi connectivity index (χ0v) is 16.0. The minimum absolute atomic E-state index is 0.0191. The van der Waals surface area contributed by atoms with Crippen LogP contribution in [0.5, 0.6) is 17.2 Å². The first kappa shape index (κ1) is 20.8. The average Bonchev–Trinajstić information content (AvgIpc) is 2.72. The predicted molar refractivity (Wildman–Crippen MR) is 106 cm³/mol. The van der Waals surface area contributed by atoms with Crippen molar-refractivity contribution in [1.82, 2.24) is 5.43 Å². The van der Waals surface area contributed by atoms with Gasteiger partial charge in [0.25, 0.3) is 0 Å². The maximum atomic E-state index is 11.9. The van der Waals surface area contributed by atoms with Crippen LogP contribution < -0.4 is 25.0 Å². The molecule has 0 radical (unpaired) electrons. The van der Waals surface area contributed by atoms with Gasteiger partial charge in [0.1, 0.15) is 0 Å². The molecule has 0 aliphatic heterocycles. The van der Waals surface area contributed by atoms with Crippen LogP contribution in [-0.2, 0) is 9.59 Å². The van der Waals surface area contributed by atoms with Gasteiger partial charge in [-0.2, -0.15) is 5.10 Å². The van der Waals surface area contributed by atoms with Gasteiger partial charge in [0, 0.05) is 24.1 Å². The zero-order chi connectivity index (χ0) is 20.4. The monoisotopic (exact) mass is 385 g/mol. The van der Waals surface area contributed by atoms with Crippen LogP contribution in [0.1, 0.15) is 18.4 Å². The molecule has 0 bridgehead atoms. The molecular formula is C20H23N3O5. The number of benzene rings is 2. The molecule has 0 atom stereocenters. The standard InChI is InChI=1S/C20H23N3O5/c1-26-16-11-14(12-17(27-2)20(16)28-3)13-21-23-19(25)10-9-18(24)22-15-7-5-4-6-8-15/h4-8,11-13H,9-10H2,1-3H3,(H,22,24)(H,23,25)/b21-13+. The Hall–Kier alpha value is -3.55. The summed E-state index contributed by atoms with van der Waals surface area (Å²) in [5, 5.41) is 6.62. The maximum Gasteiger partial charge on any atom is 0.240 e. The van der Waals surface area contributed by atoms with Gasteiger partial charge < -0.3 is 19.5 Å². The second-order valence-electron chi connectivity index (χ2n) is 5.67. The SMILES string of the molecule is COc1cc(/C=N/NC(=O)CCC(=O)Nc2ccccc2)cc(OC)c1OC. The van der Waals surface area contributed by atoms with Gasteiger partial charge in [0.05, 0.1) is 27.5 Å². The average molecular weight is 385 g/mol. The van der Waals surface area contributed by atoms with Crippen LogP contribution in [0.2, 0.25) is 0 Å².